The van der Waals surface area contributed by atoms with Crippen LogP contribution in [0.25, 0.3) is 11.3 Å². The molecule has 10 nitrogen and oxygen atoms in total. The zero-order valence-corrected chi connectivity index (χ0v) is 24.5. The van der Waals surface area contributed by atoms with Gasteiger partial charge in [-0.2, -0.15) is 0 Å². The summed E-state index contributed by atoms with van der Waals surface area (Å²) in [6, 6.07) is 13.6. The van der Waals surface area contributed by atoms with Gasteiger partial charge in [0.1, 0.15) is 16.2 Å². The summed E-state index contributed by atoms with van der Waals surface area (Å²) in [5, 5.41) is 18.8. The molecule has 224 valence electrons. The Hall–Kier alpha value is -3.95. The minimum Gasteiger partial charge on any atom is -0.507 e. The van der Waals surface area contributed by atoms with Gasteiger partial charge in [0, 0.05) is 61.6 Å². The third-order valence-corrected chi connectivity index (χ3v) is 12.2. The largest absolute Gasteiger partial charge is 0.507 e. The van der Waals surface area contributed by atoms with E-state index in [0.717, 1.165) is 37.3 Å². The number of likely N-dealkylation sites (tertiary alicyclic amines) is 1. The average Bonchev–Trinajstić information content (AvgIpc) is 3.41. The van der Waals surface area contributed by atoms with Crippen LogP contribution in [0.5, 0.6) is 5.75 Å². The monoisotopic (exact) mass is 603 g/mol. The molecule has 0 radical (unpaired) electrons. The predicted octanol–water partition coefficient (Wildman–Crippen LogP) is 2.49. The minimum atomic E-state index is -3.26. The summed E-state index contributed by atoms with van der Waals surface area (Å²) in [7, 11) is -3.26. The Morgan fingerprint density at radius 1 is 1.07 bits per heavy atom. The summed E-state index contributed by atoms with van der Waals surface area (Å²) in [6.07, 6.45) is 4.30. The molecule has 7 rings (SSSR count). The van der Waals surface area contributed by atoms with Gasteiger partial charge in [-0.1, -0.05) is 18.1 Å². The van der Waals surface area contributed by atoms with Gasteiger partial charge < -0.3 is 20.6 Å². The van der Waals surface area contributed by atoms with Gasteiger partial charge in [-0.25, -0.2) is 13.4 Å². The van der Waals surface area contributed by atoms with Crippen LogP contribution in [0, 0.1) is 17.8 Å². The first-order valence-electron chi connectivity index (χ1n) is 14.7. The predicted molar refractivity (Wildman–Crippen MR) is 163 cm³/mol. The second-order valence-electron chi connectivity index (χ2n) is 12.1. The van der Waals surface area contributed by atoms with Crippen molar-refractivity contribution in [1.82, 2.24) is 20.1 Å². The summed E-state index contributed by atoms with van der Waals surface area (Å²) in [5.41, 5.74) is 10.0. The van der Waals surface area contributed by atoms with E-state index in [9.17, 15) is 17.9 Å². The van der Waals surface area contributed by atoms with Gasteiger partial charge >= 0.3 is 0 Å². The van der Waals surface area contributed by atoms with Crippen LogP contribution in [0.1, 0.15) is 25.0 Å². The fourth-order valence-electron chi connectivity index (χ4n) is 7.39. The number of phenolic OH excluding ortho intramolecular Hbond substituents is 1. The summed E-state index contributed by atoms with van der Waals surface area (Å²) < 4.78 is 37.7. The van der Waals surface area contributed by atoms with Crippen LogP contribution < -0.4 is 15.5 Å². The molecule has 3 aromatic rings. The third-order valence-electron chi connectivity index (χ3n) is 9.63. The highest BCUT2D eigenvalue weighted by atomic mass is 32.2. The molecule has 0 saturated carbocycles. The Kier molecular flexibility index (Phi) is 6.90. The molecule has 3 atom stereocenters. The summed E-state index contributed by atoms with van der Waals surface area (Å²) in [5.74, 6) is 6.50. The highest BCUT2D eigenvalue weighted by molar-refractivity contribution is 7.93. The summed E-state index contributed by atoms with van der Waals surface area (Å²) in [6.45, 7) is 2.09. The van der Waals surface area contributed by atoms with Crippen molar-refractivity contribution in [2.45, 2.75) is 36.1 Å². The van der Waals surface area contributed by atoms with Gasteiger partial charge in [-0.15, -0.1) is 10.2 Å². The second-order valence-corrected chi connectivity index (χ2v) is 14.5. The molecular formula is C31H34FN7O3S. The van der Waals surface area contributed by atoms with Crippen molar-refractivity contribution in [3.05, 3.63) is 54.4 Å². The maximum absolute atomic E-state index is 13.5. The van der Waals surface area contributed by atoms with Crippen molar-refractivity contribution in [2.75, 3.05) is 60.7 Å². The number of nitrogens with zero attached hydrogens (tertiary/aromatic N) is 6. The first kappa shape index (κ1) is 27.9. The first-order valence-corrected chi connectivity index (χ1v) is 16.3. The topological polar surface area (TPSA) is 129 Å². The molecule has 4 aliphatic rings. The van der Waals surface area contributed by atoms with Crippen LogP contribution >= 0.6 is 0 Å². The number of aromatic nitrogens is 3. The van der Waals surface area contributed by atoms with E-state index in [2.05, 4.69) is 36.8 Å². The number of hydrogen-bond acceptors (Lipinski definition) is 10. The SMILES string of the molecule is Nc1nnc(-c2ccccc2O)cc1N1CC2CCC(C1)N2c1ccnc(C#CCN2CC3(C2)C(CF)CCS3(=O)=O)c1. The van der Waals surface area contributed by atoms with Crippen LogP contribution in [0.4, 0.5) is 21.6 Å². The van der Waals surface area contributed by atoms with E-state index in [1.54, 1.807) is 18.3 Å². The normalized spacial score (nSPS) is 25.4. The lowest BCUT2D eigenvalue weighted by molar-refractivity contribution is 0.0888. The number of halogens is 1. The Bertz CT molecular complexity index is 1710. The first-order chi connectivity index (χ1) is 20.8. The fourth-order valence-corrected chi connectivity index (χ4v) is 9.84. The van der Waals surface area contributed by atoms with E-state index in [0.29, 0.717) is 48.8 Å². The van der Waals surface area contributed by atoms with Crippen molar-refractivity contribution in [3.8, 4) is 28.8 Å². The van der Waals surface area contributed by atoms with Crippen molar-refractivity contribution in [3.63, 3.8) is 0 Å². The van der Waals surface area contributed by atoms with Crippen molar-refractivity contribution in [2.24, 2.45) is 5.92 Å². The number of hydrogen-bond donors (Lipinski definition) is 2. The van der Waals surface area contributed by atoms with Crippen LogP contribution in [-0.4, -0.2) is 95.6 Å². The standard InChI is InChI=1S/C31H34FN7O3S/c32-16-21-10-13-43(41,42)31(21)19-37(20-31)12-3-4-22-14-23(9-11-34-22)39-24-7-8-25(39)18-38(17-24)28-15-27(35-36-30(28)33)26-5-1-2-6-29(26)40/h1-2,5-6,9,11,14-15,21,24-25,40H,7-8,10,12-13,16-20H2,(H2,33,36). The number of anilines is 3. The lowest BCUT2D eigenvalue weighted by Crippen LogP contribution is -2.67. The molecule has 4 aliphatic heterocycles. The highest BCUT2D eigenvalue weighted by Gasteiger charge is 2.61. The second kappa shape index (κ2) is 10.6. The van der Waals surface area contributed by atoms with Gasteiger partial charge in [-0.05, 0) is 55.5 Å². The lowest BCUT2D eigenvalue weighted by Gasteiger charge is -2.48. The molecular weight excluding hydrogens is 569 g/mol. The quantitative estimate of drug-likeness (QED) is 0.420. The number of phenols is 1. The molecule has 4 saturated heterocycles. The number of alkyl halides is 1. The van der Waals surface area contributed by atoms with Crippen molar-refractivity contribution in [1.29, 1.82) is 0 Å². The zero-order valence-electron chi connectivity index (χ0n) is 23.7. The van der Waals surface area contributed by atoms with Gasteiger partial charge in [0.2, 0.25) is 0 Å². The molecule has 0 amide bonds. The molecule has 1 spiro atoms. The number of aromatic hydroxyl groups is 1. The maximum Gasteiger partial charge on any atom is 0.169 e. The lowest BCUT2D eigenvalue weighted by atomic mass is 9.84. The molecule has 3 N–H and O–H groups in total. The number of para-hydroxylation sites is 1. The van der Waals surface area contributed by atoms with Crippen molar-refractivity contribution >= 4 is 27.0 Å². The summed E-state index contributed by atoms with van der Waals surface area (Å²) >= 11 is 0. The minimum absolute atomic E-state index is 0.0835. The van der Waals surface area contributed by atoms with Gasteiger partial charge in [0.15, 0.2) is 15.7 Å². The van der Waals surface area contributed by atoms with E-state index >= 15 is 0 Å². The number of pyridine rings is 1. The molecule has 43 heavy (non-hydrogen) atoms. The Labute approximate surface area is 250 Å². The molecule has 3 unspecified atom stereocenters. The molecule has 0 aliphatic carbocycles. The molecule has 2 aromatic heterocycles. The van der Waals surface area contributed by atoms with Crippen LogP contribution in [-0.2, 0) is 9.84 Å². The summed E-state index contributed by atoms with van der Waals surface area (Å²) in [4.78, 5) is 11.2. The number of nitrogens with two attached hydrogens (primary N) is 1. The number of piperazine rings is 1. The van der Waals surface area contributed by atoms with Crippen LogP contribution in [0.3, 0.4) is 0 Å². The molecule has 4 fully saturated rings. The van der Waals surface area contributed by atoms with Crippen molar-refractivity contribution < 1.29 is 17.9 Å². The third kappa shape index (κ3) is 4.75. The van der Waals surface area contributed by atoms with E-state index in [1.165, 1.54) is 0 Å². The smallest absolute Gasteiger partial charge is 0.169 e. The number of nitrogen functional groups attached to an aromatic ring is 1. The molecule has 1 aromatic carbocycles. The molecule has 2 bridgehead atoms. The number of rotatable bonds is 5. The highest BCUT2D eigenvalue weighted by Crippen LogP contribution is 2.45. The molecule has 6 heterocycles. The molecule has 12 heteroatoms. The fraction of sp³-hybridized carbons (Fsp3) is 0.452. The average molecular weight is 604 g/mol. The van der Waals surface area contributed by atoms with Gasteiger partial charge in [0.05, 0.1) is 30.4 Å². The van der Waals surface area contributed by atoms with Crippen LogP contribution in [0.15, 0.2) is 48.7 Å². The van der Waals surface area contributed by atoms with E-state index in [4.69, 9.17) is 5.73 Å². The van der Waals surface area contributed by atoms with E-state index in [1.807, 2.05) is 35.2 Å². The van der Waals surface area contributed by atoms with E-state index < -0.39 is 27.2 Å². The Morgan fingerprint density at radius 2 is 1.84 bits per heavy atom. The maximum atomic E-state index is 13.5. The van der Waals surface area contributed by atoms with E-state index in [-0.39, 0.29) is 23.6 Å². The Balaban J connectivity index is 1.03. The van der Waals surface area contributed by atoms with Gasteiger partial charge in [0.25, 0.3) is 0 Å². The van der Waals surface area contributed by atoms with Gasteiger partial charge in [-0.3, -0.25) is 9.29 Å². The number of benzene rings is 1. The Morgan fingerprint density at radius 3 is 2.58 bits per heavy atom. The number of sulfone groups is 1. The van der Waals surface area contributed by atoms with Crippen LogP contribution in [0.2, 0.25) is 0 Å². The zero-order chi connectivity index (χ0) is 29.8. The number of fused-ring (bicyclic) bond motifs is 2.